The topological polar surface area (TPSA) is 29.1 Å². The Kier molecular flexibility index (Phi) is 8.91. The Morgan fingerprint density at radius 3 is 2.73 bits per heavy atom. The van der Waals surface area contributed by atoms with E-state index in [2.05, 4.69) is 11.6 Å². The molecule has 0 aromatic rings. The van der Waals surface area contributed by atoms with E-state index in [1.54, 1.807) is 0 Å². The van der Waals surface area contributed by atoms with Gasteiger partial charge in [-0.15, -0.1) is 0 Å². The molecule has 1 atom stereocenters. The van der Waals surface area contributed by atoms with Crippen LogP contribution in [0.4, 0.5) is 0 Å². The van der Waals surface area contributed by atoms with Crippen LogP contribution in [0.5, 0.6) is 0 Å². The van der Waals surface area contributed by atoms with Crippen LogP contribution in [-0.2, 0) is 10.8 Å². The molecule has 0 saturated heterocycles. The number of hydrogen-bond acceptors (Lipinski definition) is 3. The molecule has 0 amide bonds. The van der Waals surface area contributed by atoms with E-state index >= 15 is 0 Å². The highest BCUT2D eigenvalue weighted by Gasteiger charge is 1.93. The third-order valence-electron chi connectivity index (χ3n) is 1.31. The van der Waals surface area contributed by atoms with Crippen molar-refractivity contribution in [3.63, 3.8) is 0 Å². The van der Waals surface area contributed by atoms with Gasteiger partial charge >= 0.3 is 0 Å². The van der Waals surface area contributed by atoms with Crippen LogP contribution in [0.1, 0.15) is 6.92 Å². The Labute approximate surface area is 76.0 Å². The molecule has 0 fully saturated rings. The maximum absolute atomic E-state index is 10.9. The van der Waals surface area contributed by atoms with Crippen LogP contribution in [0.3, 0.4) is 0 Å². The van der Waals surface area contributed by atoms with Crippen LogP contribution in [0.2, 0.25) is 0 Å². The van der Waals surface area contributed by atoms with Gasteiger partial charge in [0.05, 0.1) is 0 Å². The summed E-state index contributed by atoms with van der Waals surface area (Å²) < 4.78 is 10.9. The first-order valence-electron chi connectivity index (χ1n) is 3.86. The van der Waals surface area contributed by atoms with Crippen molar-refractivity contribution in [3.05, 3.63) is 0 Å². The second-order valence-corrected chi connectivity index (χ2v) is 5.03. The zero-order valence-electron chi connectivity index (χ0n) is 7.26. The molecule has 0 aromatic carbocycles. The SMILES string of the molecule is CCS(=O)CCNCCSC. The van der Waals surface area contributed by atoms with Crippen LogP contribution in [-0.4, -0.2) is 40.8 Å². The summed E-state index contributed by atoms with van der Waals surface area (Å²) in [6.07, 6.45) is 2.09. The highest BCUT2D eigenvalue weighted by Crippen LogP contribution is 1.86. The van der Waals surface area contributed by atoms with Gasteiger partial charge in [-0.1, -0.05) is 6.92 Å². The van der Waals surface area contributed by atoms with Crippen LogP contribution in [0.15, 0.2) is 0 Å². The van der Waals surface area contributed by atoms with Crippen molar-refractivity contribution in [1.29, 1.82) is 0 Å². The van der Waals surface area contributed by atoms with E-state index in [9.17, 15) is 4.21 Å². The van der Waals surface area contributed by atoms with Crippen molar-refractivity contribution >= 4 is 22.6 Å². The van der Waals surface area contributed by atoms with E-state index in [1.165, 1.54) is 0 Å². The van der Waals surface area contributed by atoms with Gasteiger partial charge in [-0.3, -0.25) is 4.21 Å². The van der Waals surface area contributed by atoms with Crippen LogP contribution >= 0.6 is 11.8 Å². The molecular formula is C7H17NOS2. The fourth-order valence-corrected chi connectivity index (χ4v) is 1.64. The van der Waals surface area contributed by atoms with Crippen molar-refractivity contribution in [2.75, 3.05) is 36.6 Å². The summed E-state index contributed by atoms with van der Waals surface area (Å²) in [6.45, 7) is 3.88. The van der Waals surface area contributed by atoms with Gasteiger partial charge in [-0.25, -0.2) is 0 Å². The molecule has 0 bridgehead atoms. The third kappa shape index (κ3) is 8.37. The molecule has 68 valence electrons. The molecule has 11 heavy (non-hydrogen) atoms. The summed E-state index contributed by atoms with van der Waals surface area (Å²) in [5.74, 6) is 2.72. The van der Waals surface area contributed by atoms with Crippen molar-refractivity contribution in [2.45, 2.75) is 6.92 Å². The molecule has 4 heteroatoms. The van der Waals surface area contributed by atoms with Crippen molar-refractivity contribution in [3.8, 4) is 0 Å². The number of rotatable bonds is 7. The van der Waals surface area contributed by atoms with Crippen LogP contribution < -0.4 is 5.32 Å². The second-order valence-electron chi connectivity index (χ2n) is 2.18. The monoisotopic (exact) mass is 195 g/mol. The molecule has 0 radical (unpaired) electrons. The van der Waals surface area contributed by atoms with E-state index in [-0.39, 0.29) is 0 Å². The molecule has 0 aliphatic carbocycles. The second kappa shape index (κ2) is 8.56. The van der Waals surface area contributed by atoms with Gasteiger partial charge in [0.1, 0.15) is 0 Å². The molecule has 0 heterocycles. The minimum Gasteiger partial charge on any atom is -0.315 e. The predicted molar refractivity (Wildman–Crippen MR) is 54.8 cm³/mol. The Bertz CT molecular complexity index is 109. The average molecular weight is 195 g/mol. The molecule has 2 nitrogen and oxygen atoms in total. The number of thioether (sulfide) groups is 1. The minimum absolute atomic E-state index is 0.602. The molecular weight excluding hydrogens is 178 g/mol. The van der Waals surface area contributed by atoms with Gasteiger partial charge in [0.2, 0.25) is 0 Å². The zero-order valence-corrected chi connectivity index (χ0v) is 8.89. The fourth-order valence-electron chi connectivity index (χ4n) is 0.630. The van der Waals surface area contributed by atoms with Gasteiger partial charge in [0.15, 0.2) is 0 Å². The van der Waals surface area contributed by atoms with Gasteiger partial charge in [0.25, 0.3) is 0 Å². The molecule has 0 aromatic heterocycles. The first-order chi connectivity index (χ1) is 5.31. The summed E-state index contributed by atoms with van der Waals surface area (Å²) in [5, 5.41) is 3.24. The van der Waals surface area contributed by atoms with E-state index in [0.29, 0.717) is 0 Å². The minimum atomic E-state index is -0.602. The molecule has 0 aliphatic heterocycles. The lowest BCUT2D eigenvalue weighted by Crippen LogP contribution is -2.23. The molecule has 1 unspecified atom stereocenters. The first kappa shape index (κ1) is 11.5. The van der Waals surface area contributed by atoms with Crippen molar-refractivity contribution in [1.82, 2.24) is 5.32 Å². The average Bonchev–Trinajstić information content (AvgIpc) is 2.04. The van der Waals surface area contributed by atoms with Crippen LogP contribution in [0, 0.1) is 0 Å². The zero-order chi connectivity index (χ0) is 8.53. The number of hydrogen-bond donors (Lipinski definition) is 1. The van der Waals surface area contributed by atoms with E-state index in [4.69, 9.17) is 0 Å². The third-order valence-corrected chi connectivity index (χ3v) is 3.23. The summed E-state index contributed by atoms with van der Waals surface area (Å²) in [5.41, 5.74) is 0. The van der Waals surface area contributed by atoms with E-state index in [0.717, 1.165) is 30.3 Å². The summed E-state index contributed by atoms with van der Waals surface area (Å²) >= 11 is 1.83. The number of nitrogens with one attached hydrogen (secondary N) is 1. The van der Waals surface area contributed by atoms with Crippen molar-refractivity contribution < 1.29 is 4.21 Å². The maximum atomic E-state index is 10.9. The standard InChI is InChI=1S/C7H17NOS2/c1-3-11(9)7-5-8-4-6-10-2/h8H,3-7H2,1-2H3. The lowest BCUT2D eigenvalue weighted by Gasteiger charge is -2.01. The van der Waals surface area contributed by atoms with E-state index < -0.39 is 10.8 Å². The maximum Gasteiger partial charge on any atom is 0.0359 e. The van der Waals surface area contributed by atoms with Gasteiger partial charge < -0.3 is 5.32 Å². The molecule has 0 spiro atoms. The molecule has 0 rings (SSSR count). The Morgan fingerprint density at radius 1 is 1.45 bits per heavy atom. The van der Waals surface area contributed by atoms with Gasteiger partial charge in [-0.2, -0.15) is 11.8 Å². The molecule has 0 aliphatic rings. The smallest absolute Gasteiger partial charge is 0.0359 e. The Hall–Kier alpha value is 0.460. The lowest BCUT2D eigenvalue weighted by atomic mass is 10.7. The largest absolute Gasteiger partial charge is 0.315 e. The predicted octanol–water partition coefficient (Wildman–Crippen LogP) is 0.708. The van der Waals surface area contributed by atoms with Gasteiger partial charge in [-0.05, 0) is 6.26 Å². The normalized spacial score (nSPS) is 13.3. The van der Waals surface area contributed by atoms with E-state index in [1.807, 2.05) is 18.7 Å². The Morgan fingerprint density at radius 2 is 2.18 bits per heavy atom. The highest BCUT2D eigenvalue weighted by molar-refractivity contribution is 7.98. The quantitative estimate of drug-likeness (QED) is 0.607. The molecule has 0 saturated carbocycles. The van der Waals surface area contributed by atoms with Gasteiger partial charge in [0, 0.05) is 41.1 Å². The fraction of sp³-hybridized carbons (Fsp3) is 1.00. The highest BCUT2D eigenvalue weighted by atomic mass is 32.2. The summed E-state index contributed by atoms with van der Waals surface area (Å²) in [4.78, 5) is 0. The summed E-state index contributed by atoms with van der Waals surface area (Å²) in [6, 6.07) is 0. The first-order valence-corrected chi connectivity index (χ1v) is 6.74. The Balaban J connectivity index is 2.95. The van der Waals surface area contributed by atoms with Crippen molar-refractivity contribution in [2.24, 2.45) is 0 Å². The summed E-state index contributed by atoms with van der Waals surface area (Å²) in [7, 11) is -0.602. The molecule has 1 N–H and O–H groups in total. The van der Waals surface area contributed by atoms with Crippen LogP contribution in [0.25, 0.3) is 0 Å². The lowest BCUT2D eigenvalue weighted by molar-refractivity contribution is 0.678.